The van der Waals surface area contributed by atoms with Gasteiger partial charge in [0.15, 0.2) is 0 Å². The molecule has 3 nitrogen and oxygen atoms in total. The molecule has 16 heavy (non-hydrogen) atoms. The molecule has 1 aliphatic carbocycles. The van der Waals surface area contributed by atoms with Crippen LogP contribution in [0.1, 0.15) is 48.3 Å². The highest BCUT2D eigenvalue weighted by molar-refractivity contribution is 6.32. The van der Waals surface area contributed by atoms with E-state index < -0.39 is 5.97 Å². The Kier molecular flexibility index (Phi) is 2.66. The molecular formula is C12H14ClNO2. The minimum atomic E-state index is -1.01. The molecule has 1 N–H and O–H groups in total. The molecule has 0 aromatic carbocycles. The van der Waals surface area contributed by atoms with Gasteiger partial charge in [0.05, 0.1) is 11.3 Å². The highest BCUT2D eigenvalue weighted by Crippen LogP contribution is 2.36. The van der Waals surface area contributed by atoms with Crippen LogP contribution in [0.4, 0.5) is 0 Å². The molecule has 0 unspecified atom stereocenters. The number of carboxylic acid groups (broad SMARTS) is 1. The third kappa shape index (κ3) is 1.80. The maximum atomic E-state index is 10.9. The van der Waals surface area contributed by atoms with E-state index in [4.69, 9.17) is 16.7 Å². The van der Waals surface area contributed by atoms with Gasteiger partial charge in [0.1, 0.15) is 5.15 Å². The first-order valence-electron chi connectivity index (χ1n) is 5.35. The van der Waals surface area contributed by atoms with Gasteiger partial charge in [-0.3, -0.25) is 0 Å². The predicted molar refractivity (Wildman–Crippen MR) is 62.2 cm³/mol. The molecule has 2 rings (SSSR count). The maximum absolute atomic E-state index is 10.9. The summed E-state index contributed by atoms with van der Waals surface area (Å²) in [6, 6.07) is 1.67. The van der Waals surface area contributed by atoms with Crippen LogP contribution in [0, 0.1) is 0 Å². The second-order valence-corrected chi connectivity index (χ2v) is 5.24. The van der Waals surface area contributed by atoms with Gasteiger partial charge in [0.25, 0.3) is 0 Å². The number of hydrogen-bond donors (Lipinski definition) is 1. The summed E-state index contributed by atoms with van der Waals surface area (Å²) in [5.74, 6) is -1.01. The maximum Gasteiger partial charge on any atom is 0.338 e. The van der Waals surface area contributed by atoms with E-state index in [1.807, 2.05) is 0 Å². The highest BCUT2D eigenvalue weighted by atomic mass is 35.5. The van der Waals surface area contributed by atoms with Crippen molar-refractivity contribution in [1.29, 1.82) is 0 Å². The summed E-state index contributed by atoms with van der Waals surface area (Å²) in [7, 11) is 0. The van der Waals surface area contributed by atoms with Crippen molar-refractivity contribution >= 4 is 17.6 Å². The lowest BCUT2D eigenvalue weighted by molar-refractivity contribution is 0.0696. The Morgan fingerprint density at radius 1 is 1.56 bits per heavy atom. The SMILES string of the molecule is CC1(C)CCCc2cc(C(=O)O)c(Cl)nc21. The van der Waals surface area contributed by atoms with E-state index in [0.717, 1.165) is 30.5 Å². The lowest BCUT2D eigenvalue weighted by Gasteiger charge is -2.31. The zero-order valence-corrected chi connectivity index (χ0v) is 10.1. The van der Waals surface area contributed by atoms with Crippen molar-refractivity contribution in [2.24, 2.45) is 0 Å². The number of fused-ring (bicyclic) bond motifs is 1. The van der Waals surface area contributed by atoms with Crippen LogP contribution in [0.2, 0.25) is 5.15 Å². The molecule has 86 valence electrons. The van der Waals surface area contributed by atoms with Gasteiger partial charge in [-0.05, 0) is 30.9 Å². The van der Waals surface area contributed by atoms with Gasteiger partial charge in [-0.2, -0.15) is 0 Å². The average molecular weight is 240 g/mol. The monoisotopic (exact) mass is 239 g/mol. The second kappa shape index (κ2) is 3.74. The standard InChI is InChI=1S/C12H14ClNO2/c1-12(2)5-3-4-7-6-8(11(15)16)10(13)14-9(7)12/h6H,3-5H2,1-2H3,(H,15,16). The number of rotatable bonds is 1. The first-order valence-corrected chi connectivity index (χ1v) is 5.73. The van der Waals surface area contributed by atoms with Gasteiger partial charge in [-0.25, -0.2) is 9.78 Å². The Morgan fingerprint density at radius 3 is 2.88 bits per heavy atom. The quantitative estimate of drug-likeness (QED) is 0.767. The van der Waals surface area contributed by atoms with Crippen molar-refractivity contribution in [2.75, 3.05) is 0 Å². The zero-order valence-electron chi connectivity index (χ0n) is 9.38. The lowest BCUT2D eigenvalue weighted by atomic mass is 9.76. The van der Waals surface area contributed by atoms with Crippen LogP contribution in [-0.2, 0) is 11.8 Å². The van der Waals surface area contributed by atoms with Crippen molar-refractivity contribution < 1.29 is 9.90 Å². The van der Waals surface area contributed by atoms with Crippen molar-refractivity contribution in [1.82, 2.24) is 4.98 Å². The molecule has 0 saturated heterocycles. The molecule has 1 heterocycles. The molecule has 0 atom stereocenters. The highest BCUT2D eigenvalue weighted by Gasteiger charge is 2.30. The number of carboxylic acids is 1. The smallest absolute Gasteiger partial charge is 0.338 e. The average Bonchev–Trinajstić information content (AvgIpc) is 2.17. The summed E-state index contributed by atoms with van der Waals surface area (Å²) in [5, 5.41) is 9.07. The van der Waals surface area contributed by atoms with E-state index in [9.17, 15) is 4.79 Å². The molecule has 4 heteroatoms. The van der Waals surface area contributed by atoms with Crippen molar-refractivity contribution in [3.05, 3.63) is 28.0 Å². The fourth-order valence-corrected chi connectivity index (χ4v) is 2.52. The summed E-state index contributed by atoms with van der Waals surface area (Å²) in [4.78, 5) is 15.2. The van der Waals surface area contributed by atoms with Gasteiger partial charge >= 0.3 is 5.97 Å². The van der Waals surface area contributed by atoms with Crippen LogP contribution in [0.25, 0.3) is 0 Å². The van der Waals surface area contributed by atoms with Crippen LogP contribution in [-0.4, -0.2) is 16.1 Å². The Hall–Kier alpha value is -1.09. The topological polar surface area (TPSA) is 50.2 Å². The van der Waals surface area contributed by atoms with Crippen molar-refractivity contribution in [2.45, 2.75) is 38.5 Å². The van der Waals surface area contributed by atoms with Crippen LogP contribution in [0.3, 0.4) is 0 Å². The first kappa shape index (κ1) is 11.4. The van der Waals surface area contributed by atoms with E-state index in [1.165, 1.54) is 0 Å². The molecule has 0 amide bonds. The number of aromatic carboxylic acids is 1. The Labute approximate surface area is 99.5 Å². The van der Waals surface area contributed by atoms with E-state index >= 15 is 0 Å². The summed E-state index contributed by atoms with van der Waals surface area (Å²) in [5.41, 5.74) is 2.08. The van der Waals surface area contributed by atoms with Crippen LogP contribution < -0.4 is 0 Å². The number of hydrogen-bond acceptors (Lipinski definition) is 2. The number of nitrogens with zero attached hydrogens (tertiary/aromatic N) is 1. The Balaban J connectivity index is 2.60. The first-order chi connectivity index (χ1) is 7.42. The molecule has 0 spiro atoms. The Morgan fingerprint density at radius 2 is 2.25 bits per heavy atom. The number of carbonyl (C=O) groups is 1. The third-order valence-electron chi connectivity index (χ3n) is 3.17. The molecular weight excluding hydrogens is 226 g/mol. The van der Waals surface area contributed by atoms with Crippen molar-refractivity contribution in [3.8, 4) is 0 Å². The van der Waals surface area contributed by atoms with Crippen LogP contribution >= 0.6 is 11.6 Å². The molecule has 0 saturated carbocycles. The number of aromatic nitrogens is 1. The normalized spacial score (nSPS) is 17.9. The lowest BCUT2D eigenvalue weighted by Crippen LogP contribution is -2.26. The van der Waals surface area contributed by atoms with E-state index in [-0.39, 0.29) is 16.1 Å². The van der Waals surface area contributed by atoms with E-state index in [2.05, 4.69) is 18.8 Å². The number of aryl methyl sites for hydroxylation is 1. The van der Waals surface area contributed by atoms with Gasteiger partial charge in [0, 0.05) is 5.41 Å². The molecule has 0 fully saturated rings. The zero-order chi connectivity index (χ0) is 11.9. The van der Waals surface area contributed by atoms with Crippen molar-refractivity contribution in [3.63, 3.8) is 0 Å². The fraction of sp³-hybridized carbons (Fsp3) is 0.500. The molecule has 1 aliphatic rings. The van der Waals surface area contributed by atoms with E-state index in [1.54, 1.807) is 6.07 Å². The minimum absolute atomic E-state index is 0.00570. The molecule has 0 radical (unpaired) electrons. The van der Waals surface area contributed by atoms with E-state index in [0.29, 0.717) is 0 Å². The number of halogens is 1. The molecule has 1 aromatic rings. The minimum Gasteiger partial charge on any atom is -0.478 e. The number of pyridine rings is 1. The van der Waals surface area contributed by atoms with Crippen LogP contribution in [0.5, 0.6) is 0 Å². The predicted octanol–water partition coefficient (Wildman–Crippen LogP) is 3.05. The summed E-state index contributed by atoms with van der Waals surface area (Å²) in [6.07, 6.45) is 3.03. The molecule has 1 aromatic heterocycles. The third-order valence-corrected chi connectivity index (χ3v) is 3.46. The summed E-state index contributed by atoms with van der Waals surface area (Å²) >= 11 is 5.89. The molecule has 0 aliphatic heterocycles. The van der Waals surface area contributed by atoms with Gasteiger partial charge < -0.3 is 5.11 Å². The largest absolute Gasteiger partial charge is 0.478 e. The fourth-order valence-electron chi connectivity index (χ4n) is 2.30. The van der Waals surface area contributed by atoms with Gasteiger partial charge in [0.2, 0.25) is 0 Å². The van der Waals surface area contributed by atoms with Gasteiger partial charge in [-0.15, -0.1) is 0 Å². The molecule has 0 bridgehead atoms. The van der Waals surface area contributed by atoms with Gasteiger partial charge in [-0.1, -0.05) is 25.4 Å². The van der Waals surface area contributed by atoms with Crippen LogP contribution in [0.15, 0.2) is 6.07 Å². The second-order valence-electron chi connectivity index (χ2n) is 4.88. The summed E-state index contributed by atoms with van der Waals surface area (Å²) < 4.78 is 0. The summed E-state index contributed by atoms with van der Waals surface area (Å²) in [6.45, 7) is 4.24. The Bertz CT molecular complexity index is 455.